The molecule has 0 atom stereocenters. The second-order valence-electron chi connectivity index (χ2n) is 8.10. The Morgan fingerprint density at radius 1 is 0.971 bits per heavy atom. The van der Waals surface area contributed by atoms with Crippen molar-refractivity contribution in [1.29, 1.82) is 0 Å². The van der Waals surface area contributed by atoms with Crippen molar-refractivity contribution in [3.63, 3.8) is 0 Å². The van der Waals surface area contributed by atoms with E-state index in [2.05, 4.69) is 21.9 Å². The molecule has 2 heterocycles. The summed E-state index contributed by atoms with van der Waals surface area (Å²) in [6.07, 6.45) is 1.77. The van der Waals surface area contributed by atoms with Gasteiger partial charge in [-0.25, -0.2) is 4.79 Å². The summed E-state index contributed by atoms with van der Waals surface area (Å²) in [5, 5.41) is 0.358. The predicted octanol–water partition coefficient (Wildman–Crippen LogP) is 2.73. The summed E-state index contributed by atoms with van der Waals surface area (Å²) >= 11 is 0. The lowest BCUT2D eigenvalue weighted by atomic mass is 10.2. The molecular formula is C24H28N2O7S. The molecule has 10 heteroatoms. The van der Waals surface area contributed by atoms with E-state index in [9.17, 15) is 13.2 Å². The summed E-state index contributed by atoms with van der Waals surface area (Å²) in [5.74, 6) is 1.33. The summed E-state index contributed by atoms with van der Waals surface area (Å²) in [7, 11) is -2.12. The SMILES string of the molecule is COc1ccc(N2CCN(CCCOc3ccc4oc(=O)cc(OS(C)(=O)=O)c4c3)CC2)cc1. The van der Waals surface area contributed by atoms with E-state index < -0.39 is 15.7 Å². The highest BCUT2D eigenvalue weighted by molar-refractivity contribution is 7.86. The van der Waals surface area contributed by atoms with Gasteiger partial charge in [0.05, 0.1) is 31.4 Å². The molecule has 0 spiro atoms. The third-order valence-electron chi connectivity index (χ3n) is 5.61. The fourth-order valence-electron chi connectivity index (χ4n) is 3.94. The zero-order valence-corrected chi connectivity index (χ0v) is 20.0. The highest BCUT2D eigenvalue weighted by atomic mass is 32.2. The number of rotatable bonds is 9. The topological polar surface area (TPSA) is 98.5 Å². The van der Waals surface area contributed by atoms with Crippen molar-refractivity contribution in [2.24, 2.45) is 0 Å². The molecule has 4 rings (SSSR count). The van der Waals surface area contributed by atoms with Gasteiger partial charge >= 0.3 is 15.7 Å². The number of fused-ring (bicyclic) bond motifs is 1. The fraction of sp³-hybridized carbons (Fsp3) is 0.375. The van der Waals surface area contributed by atoms with Crippen molar-refractivity contribution in [2.45, 2.75) is 6.42 Å². The smallest absolute Gasteiger partial charge is 0.340 e. The number of piperazine rings is 1. The van der Waals surface area contributed by atoms with Crippen LogP contribution in [0, 0.1) is 0 Å². The van der Waals surface area contributed by atoms with Gasteiger partial charge < -0.3 is 23.0 Å². The number of ether oxygens (including phenoxy) is 2. The first-order chi connectivity index (χ1) is 16.3. The molecule has 0 aliphatic carbocycles. The zero-order valence-electron chi connectivity index (χ0n) is 19.2. The molecule has 0 radical (unpaired) electrons. The van der Waals surface area contributed by atoms with Crippen LogP contribution in [0.25, 0.3) is 11.0 Å². The van der Waals surface area contributed by atoms with Crippen molar-refractivity contribution in [3.8, 4) is 17.2 Å². The lowest BCUT2D eigenvalue weighted by Crippen LogP contribution is -2.46. The maximum atomic E-state index is 11.7. The Morgan fingerprint density at radius 2 is 1.68 bits per heavy atom. The van der Waals surface area contributed by atoms with Gasteiger partial charge in [0.25, 0.3) is 0 Å². The minimum absolute atomic E-state index is 0.0751. The molecule has 0 unspecified atom stereocenters. The Balaban J connectivity index is 1.27. The van der Waals surface area contributed by atoms with Gasteiger partial charge in [-0.15, -0.1) is 0 Å². The molecule has 1 aliphatic rings. The van der Waals surface area contributed by atoms with Gasteiger partial charge in [-0.3, -0.25) is 4.90 Å². The molecule has 2 aromatic carbocycles. The molecule has 1 aliphatic heterocycles. The van der Waals surface area contributed by atoms with Gasteiger partial charge in [0.1, 0.15) is 17.1 Å². The first-order valence-electron chi connectivity index (χ1n) is 11.0. The van der Waals surface area contributed by atoms with Gasteiger partial charge in [0.2, 0.25) is 0 Å². The number of nitrogens with zero attached hydrogens (tertiary/aromatic N) is 2. The van der Waals surface area contributed by atoms with E-state index >= 15 is 0 Å². The summed E-state index contributed by atoms with van der Waals surface area (Å²) < 4.78 is 44.2. The van der Waals surface area contributed by atoms with E-state index in [1.807, 2.05) is 12.1 Å². The first-order valence-corrected chi connectivity index (χ1v) is 12.8. The number of methoxy groups -OCH3 is 1. The Hall–Kier alpha value is -3.24. The fourth-order valence-corrected chi connectivity index (χ4v) is 4.40. The van der Waals surface area contributed by atoms with Crippen molar-refractivity contribution in [3.05, 3.63) is 59.0 Å². The molecule has 9 nitrogen and oxygen atoms in total. The van der Waals surface area contributed by atoms with Crippen molar-refractivity contribution >= 4 is 26.8 Å². The van der Waals surface area contributed by atoms with Crippen LogP contribution in [-0.2, 0) is 10.1 Å². The van der Waals surface area contributed by atoms with Crippen LogP contribution in [0.5, 0.6) is 17.2 Å². The van der Waals surface area contributed by atoms with Crippen LogP contribution in [0.4, 0.5) is 5.69 Å². The van der Waals surface area contributed by atoms with Gasteiger partial charge in [-0.2, -0.15) is 8.42 Å². The summed E-state index contributed by atoms with van der Waals surface area (Å²) in [5.41, 5.74) is 0.746. The first kappa shape index (κ1) is 23.9. The summed E-state index contributed by atoms with van der Waals surface area (Å²) in [4.78, 5) is 16.5. The van der Waals surface area contributed by atoms with E-state index in [-0.39, 0.29) is 11.3 Å². The monoisotopic (exact) mass is 488 g/mol. The molecule has 34 heavy (non-hydrogen) atoms. The minimum Gasteiger partial charge on any atom is -0.497 e. The summed E-state index contributed by atoms with van der Waals surface area (Å²) in [6.45, 7) is 5.31. The molecule has 1 saturated heterocycles. The van der Waals surface area contributed by atoms with E-state index in [0.29, 0.717) is 17.7 Å². The normalized spacial score (nSPS) is 14.8. The molecule has 0 saturated carbocycles. The molecule has 182 valence electrons. The Labute approximate surface area is 198 Å². The highest BCUT2D eigenvalue weighted by Gasteiger charge is 2.17. The van der Waals surface area contributed by atoms with E-state index in [1.165, 1.54) is 5.69 Å². The molecule has 0 amide bonds. The average Bonchev–Trinajstić information content (AvgIpc) is 2.81. The molecule has 3 aromatic rings. The predicted molar refractivity (Wildman–Crippen MR) is 130 cm³/mol. The van der Waals surface area contributed by atoms with Gasteiger partial charge in [-0.1, -0.05) is 0 Å². The molecule has 0 bridgehead atoms. The number of benzene rings is 2. The molecule has 0 N–H and O–H groups in total. The van der Waals surface area contributed by atoms with Crippen LogP contribution in [-0.4, -0.2) is 66.0 Å². The second kappa shape index (κ2) is 10.4. The van der Waals surface area contributed by atoms with E-state index in [1.54, 1.807) is 25.3 Å². The van der Waals surface area contributed by atoms with Gasteiger partial charge in [-0.05, 0) is 48.9 Å². The Bertz CT molecular complexity index is 1280. The van der Waals surface area contributed by atoms with Gasteiger partial charge in [0.15, 0.2) is 5.75 Å². The number of anilines is 1. The van der Waals surface area contributed by atoms with E-state index in [0.717, 1.165) is 57.2 Å². The number of hydrogen-bond donors (Lipinski definition) is 0. The van der Waals surface area contributed by atoms with Crippen LogP contribution in [0.3, 0.4) is 0 Å². The molecule has 1 fully saturated rings. The maximum Gasteiger partial charge on any atom is 0.340 e. The lowest BCUT2D eigenvalue weighted by molar-refractivity contribution is 0.225. The van der Waals surface area contributed by atoms with Crippen LogP contribution in [0.1, 0.15) is 6.42 Å². The zero-order chi connectivity index (χ0) is 24.1. The largest absolute Gasteiger partial charge is 0.497 e. The lowest BCUT2D eigenvalue weighted by Gasteiger charge is -2.36. The van der Waals surface area contributed by atoms with Crippen molar-refractivity contribution in [2.75, 3.05) is 57.6 Å². The maximum absolute atomic E-state index is 11.7. The van der Waals surface area contributed by atoms with Crippen LogP contribution in [0.2, 0.25) is 0 Å². The quantitative estimate of drug-likeness (QED) is 0.256. The van der Waals surface area contributed by atoms with Crippen LogP contribution in [0.15, 0.2) is 57.7 Å². The average molecular weight is 489 g/mol. The number of hydrogen-bond acceptors (Lipinski definition) is 9. The summed E-state index contributed by atoms with van der Waals surface area (Å²) in [6, 6.07) is 14.0. The minimum atomic E-state index is -3.79. The standard InChI is InChI=1S/C24H28N2O7S/c1-30-19-6-4-18(5-7-19)26-13-11-25(12-14-26)10-3-15-31-20-8-9-22-21(16-20)23(17-24(27)32-22)33-34(2,28)29/h4-9,16-17H,3,10-15H2,1-2H3. The van der Waals surface area contributed by atoms with Crippen LogP contribution >= 0.6 is 0 Å². The Morgan fingerprint density at radius 3 is 2.35 bits per heavy atom. The highest BCUT2D eigenvalue weighted by Crippen LogP contribution is 2.29. The molecule has 1 aromatic heterocycles. The van der Waals surface area contributed by atoms with Gasteiger partial charge in [0, 0.05) is 38.4 Å². The Kier molecular flexibility index (Phi) is 7.28. The molecular weight excluding hydrogens is 460 g/mol. The second-order valence-corrected chi connectivity index (χ2v) is 9.68. The third-order valence-corrected chi connectivity index (χ3v) is 6.10. The van der Waals surface area contributed by atoms with Crippen molar-refractivity contribution in [1.82, 2.24) is 4.90 Å². The van der Waals surface area contributed by atoms with E-state index in [4.69, 9.17) is 18.1 Å². The van der Waals surface area contributed by atoms with Crippen LogP contribution < -0.4 is 24.2 Å². The third kappa shape index (κ3) is 6.21. The van der Waals surface area contributed by atoms with Crippen molar-refractivity contribution < 1.29 is 26.5 Å².